The molecule has 1 aliphatic rings. The van der Waals surface area contributed by atoms with Crippen LogP contribution in [0.3, 0.4) is 0 Å². The fourth-order valence-corrected chi connectivity index (χ4v) is 2.67. The maximum atomic E-state index is 11.5. The van der Waals surface area contributed by atoms with Crippen LogP contribution in [-0.2, 0) is 4.79 Å². The van der Waals surface area contributed by atoms with E-state index in [0.717, 1.165) is 19.3 Å². The minimum absolute atomic E-state index is 0.220. The molecule has 0 amide bonds. The van der Waals surface area contributed by atoms with Gasteiger partial charge in [0, 0.05) is 11.7 Å². The van der Waals surface area contributed by atoms with Crippen molar-refractivity contribution in [2.24, 2.45) is 5.41 Å². The van der Waals surface area contributed by atoms with Gasteiger partial charge in [0.1, 0.15) is 11.8 Å². The third-order valence-electron chi connectivity index (χ3n) is 3.97. The van der Waals surface area contributed by atoms with Crippen molar-refractivity contribution in [2.45, 2.75) is 45.6 Å². The van der Waals surface area contributed by atoms with Crippen LogP contribution >= 0.6 is 0 Å². The first-order valence-electron chi connectivity index (χ1n) is 6.71. The Labute approximate surface area is 117 Å². The van der Waals surface area contributed by atoms with Crippen molar-refractivity contribution in [2.75, 3.05) is 5.32 Å². The molecule has 1 saturated carbocycles. The highest BCUT2D eigenvalue weighted by atomic mass is 16.4. The number of nitrogens with one attached hydrogen (secondary N) is 1. The number of nitriles is 1. The van der Waals surface area contributed by atoms with E-state index in [9.17, 15) is 9.90 Å². The Morgan fingerprint density at radius 2 is 2.30 bits per heavy atom. The summed E-state index contributed by atoms with van der Waals surface area (Å²) in [6, 6.07) is 3.36. The lowest BCUT2D eigenvalue weighted by atomic mass is 9.72. The van der Waals surface area contributed by atoms with E-state index in [1.165, 1.54) is 0 Å². The maximum Gasteiger partial charge on any atom is 0.311 e. The van der Waals surface area contributed by atoms with Crippen LogP contribution in [-0.4, -0.2) is 27.1 Å². The molecule has 1 aromatic heterocycles. The van der Waals surface area contributed by atoms with Gasteiger partial charge in [-0.05, 0) is 32.8 Å². The zero-order chi connectivity index (χ0) is 14.8. The van der Waals surface area contributed by atoms with Crippen molar-refractivity contribution >= 4 is 11.9 Å². The Hall–Kier alpha value is -2.16. The quantitative estimate of drug-likeness (QED) is 0.875. The molecular formula is C14H18N4O2. The molecule has 0 saturated heterocycles. The number of hydrogen-bond donors (Lipinski definition) is 2. The van der Waals surface area contributed by atoms with E-state index >= 15 is 0 Å². The van der Waals surface area contributed by atoms with E-state index in [4.69, 9.17) is 5.26 Å². The van der Waals surface area contributed by atoms with Crippen molar-refractivity contribution in [3.05, 3.63) is 17.5 Å². The average Bonchev–Trinajstić information content (AvgIpc) is 2.40. The molecule has 1 aromatic rings. The fraction of sp³-hybridized carbons (Fsp3) is 0.571. The van der Waals surface area contributed by atoms with Crippen LogP contribution in [0.25, 0.3) is 0 Å². The van der Waals surface area contributed by atoms with Crippen molar-refractivity contribution < 1.29 is 9.90 Å². The molecule has 2 rings (SSSR count). The maximum absolute atomic E-state index is 11.5. The third kappa shape index (κ3) is 2.72. The second-order valence-corrected chi connectivity index (χ2v) is 5.50. The number of hydrogen-bond acceptors (Lipinski definition) is 5. The lowest BCUT2D eigenvalue weighted by Gasteiger charge is -2.38. The molecule has 2 unspecified atom stereocenters. The van der Waals surface area contributed by atoms with E-state index < -0.39 is 11.4 Å². The van der Waals surface area contributed by atoms with Crippen molar-refractivity contribution in [3.8, 4) is 6.07 Å². The van der Waals surface area contributed by atoms with Crippen LogP contribution in [0.5, 0.6) is 0 Å². The summed E-state index contributed by atoms with van der Waals surface area (Å²) in [5.41, 5.74) is 0.151. The SMILES string of the molecule is Cc1cc(C#N)nc(NC2CCCCC2(C)C(=O)O)n1. The zero-order valence-electron chi connectivity index (χ0n) is 11.7. The Morgan fingerprint density at radius 1 is 1.55 bits per heavy atom. The average molecular weight is 274 g/mol. The molecule has 0 bridgehead atoms. The van der Waals surface area contributed by atoms with Gasteiger partial charge in [0.05, 0.1) is 5.41 Å². The molecule has 20 heavy (non-hydrogen) atoms. The van der Waals surface area contributed by atoms with Gasteiger partial charge in [-0.2, -0.15) is 5.26 Å². The van der Waals surface area contributed by atoms with Crippen LogP contribution in [0.2, 0.25) is 0 Å². The smallest absolute Gasteiger partial charge is 0.311 e. The summed E-state index contributed by atoms with van der Waals surface area (Å²) in [4.78, 5) is 19.9. The Morgan fingerprint density at radius 3 is 2.95 bits per heavy atom. The van der Waals surface area contributed by atoms with Crippen LogP contribution in [0, 0.1) is 23.7 Å². The van der Waals surface area contributed by atoms with Crippen LogP contribution in [0.15, 0.2) is 6.07 Å². The third-order valence-corrected chi connectivity index (χ3v) is 3.97. The number of rotatable bonds is 3. The zero-order valence-corrected chi connectivity index (χ0v) is 11.7. The first kappa shape index (κ1) is 14.3. The molecule has 6 heteroatoms. The minimum Gasteiger partial charge on any atom is -0.481 e. The van der Waals surface area contributed by atoms with Crippen molar-refractivity contribution in [3.63, 3.8) is 0 Å². The van der Waals surface area contributed by atoms with E-state index in [1.807, 2.05) is 6.07 Å². The van der Waals surface area contributed by atoms with Crippen molar-refractivity contribution in [1.29, 1.82) is 5.26 Å². The van der Waals surface area contributed by atoms with Gasteiger partial charge in [-0.15, -0.1) is 0 Å². The number of anilines is 1. The Kier molecular flexibility index (Phi) is 3.89. The number of aryl methyl sites for hydroxylation is 1. The molecule has 0 spiro atoms. The first-order valence-corrected chi connectivity index (χ1v) is 6.71. The Balaban J connectivity index is 2.26. The highest BCUT2D eigenvalue weighted by molar-refractivity contribution is 5.76. The topological polar surface area (TPSA) is 98.9 Å². The summed E-state index contributed by atoms with van der Waals surface area (Å²) in [7, 11) is 0. The van der Waals surface area contributed by atoms with E-state index in [-0.39, 0.29) is 11.7 Å². The summed E-state index contributed by atoms with van der Waals surface area (Å²) in [5.74, 6) is -0.469. The van der Waals surface area contributed by atoms with Crippen LogP contribution in [0.4, 0.5) is 5.95 Å². The lowest BCUT2D eigenvalue weighted by molar-refractivity contribution is -0.150. The molecule has 0 aliphatic heterocycles. The van der Waals surface area contributed by atoms with Crippen molar-refractivity contribution in [1.82, 2.24) is 9.97 Å². The van der Waals surface area contributed by atoms with Crippen LogP contribution in [0.1, 0.15) is 44.0 Å². The lowest BCUT2D eigenvalue weighted by Crippen LogP contribution is -2.47. The second kappa shape index (κ2) is 5.45. The predicted octanol–water partition coefficient (Wildman–Crippen LogP) is 2.10. The summed E-state index contributed by atoms with van der Waals surface area (Å²) < 4.78 is 0. The molecule has 0 aromatic carbocycles. The molecule has 1 aliphatic carbocycles. The summed E-state index contributed by atoms with van der Waals surface area (Å²) in [6.07, 6.45) is 3.30. The van der Waals surface area contributed by atoms with Gasteiger partial charge in [-0.25, -0.2) is 9.97 Å². The largest absolute Gasteiger partial charge is 0.481 e. The van der Waals surface area contributed by atoms with Gasteiger partial charge in [0.15, 0.2) is 0 Å². The number of carbonyl (C=O) groups is 1. The van der Waals surface area contributed by atoms with Crippen LogP contribution < -0.4 is 5.32 Å². The van der Waals surface area contributed by atoms with Gasteiger partial charge in [0.25, 0.3) is 0 Å². The molecule has 1 fully saturated rings. The van der Waals surface area contributed by atoms with E-state index in [2.05, 4.69) is 15.3 Å². The van der Waals surface area contributed by atoms with Gasteiger partial charge in [-0.1, -0.05) is 12.8 Å². The monoisotopic (exact) mass is 274 g/mol. The van der Waals surface area contributed by atoms with E-state index in [1.54, 1.807) is 19.9 Å². The number of carboxylic acids is 1. The molecule has 0 radical (unpaired) electrons. The molecule has 106 valence electrons. The molecule has 1 heterocycles. The standard InChI is InChI=1S/C14H18N4O2/c1-9-7-10(8-15)17-13(16-9)18-11-5-3-4-6-14(11,2)12(19)20/h7,11H,3-6H2,1-2H3,(H,19,20)(H,16,17,18). The molecular weight excluding hydrogens is 256 g/mol. The summed E-state index contributed by atoms with van der Waals surface area (Å²) in [6.45, 7) is 3.54. The number of aliphatic carboxylic acids is 1. The minimum atomic E-state index is -0.821. The Bertz CT molecular complexity index is 567. The molecule has 2 atom stereocenters. The summed E-state index contributed by atoms with van der Waals surface area (Å²) in [5, 5.41) is 21.5. The number of carboxylic acid groups (broad SMARTS) is 1. The fourth-order valence-electron chi connectivity index (χ4n) is 2.67. The molecule has 6 nitrogen and oxygen atoms in total. The number of aromatic nitrogens is 2. The van der Waals surface area contributed by atoms with Gasteiger partial charge >= 0.3 is 5.97 Å². The normalized spacial score (nSPS) is 25.8. The second-order valence-electron chi connectivity index (χ2n) is 5.50. The number of nitrogens with zero attached hydrogens (tertiary/aromatic N) is 3. The highest BCUT2D eigenvalue weighted by Crippen LogP contribution is 2.37. The van der Waals surface area contributed by atoms with Gasteiger partial charge in [-0.3, -0.25) is 4.79 Å². The first-order chi connectivity index (χ1) is 9.45. The molecule has 2 N–H and O–H groups in total. The summed E-state index contributed by atoms with van der Waals surface area (Å²) >= 11 is 0. The van der Waals surface area contributed by atoms with Gasteiger partial charge < -0.3 is 10.4 Å². The van der Waals surface area contributed by atoms with E-state index in [0.29, 0.717) is 18.1 Å². The highest BCUT2D eigenvalue weighted by Gasteiger charge is 2.43. The predicted molar refractivity (Wildman–Crippen MR) is 73.1 cm³/mol. The van der Waals surface area contributed by atoms with Gasteiger partial charge in [0.2, 0.25) is 5.95 Å².